The molecule has 3 N–H and O–H groups in total. The van der Waals surface area contributed by atoms with Crippen molar-refractivity contribution in [2.45, 2.75) is 0 Å². The molecule has 9 heteroatoms. The van der Waals surface area contributed by atoms with Crippen LogP contribution in [0, 0.1) is 0 Å². The summed E-state index contributed by atoms with van der Waals surface area (Å²) < 4.78 is 24.2. The molecule has 1 aliphatic rings. The van der Waals surface area contributed by atoms with Crippen LogP contribution in [-0.2, 0) is 10.0 Å². The summed E-state index contributed by atoms with van der Waals surface area (Å²) in [7, 11) is -3.18. The van der Waals surface area contributed by atoms with E-state index in [9.17, 15) is 13.2 Å². The van der Waals surface area contributed by atoms with Gasteiger partial charge < -0.3 is 15.7 Å². The molecule has 0 amide bonds. The molecule has 0 aromatic carbocycles. The molecule has 20 heavy (non-hydrogen) atoms. The second-order valence-corrected chi connectivity index (χ2v) is 6.57. The summed E-state index contributed by atoms with van der Waals surface area (Å²) in [6.07, 6.45) is 2.42. The first-order valence-corrected chi connectivity index (χ1v) is 7.83. The Kier molecular flexibility index (Phi) is 3.82. The van der Waals surface area contributed by atoms with Crippen LogP contribution in [0.25, 0.3) is 0 Å². The van der Waals surface area contributed by atoms with Gasteiger partial charge >= 0.3 is 5.97 Å². The first-order chi connectivity index (χ1) is 9.29. The zero-order valence-electron chi connectivity index (χ0n) is 11.0. The highest BCUT2D eigenvalue weighted by atomic mass is 32.2. The smallest absolute Gasteiger partial charge is 0.337 e. The van der Waals surface area contributed by atoms with Crippen LogP contribution in [0.2, 0.25) is 0 Å². The highest BCUT2D eigenvalue weighted by Crippen LogP contribution is 2.22. The van der Waals surface area contributed by atoms with Crippen molar-refractivity contribution >= 4 is 27.5 Å². The SMILES string of the molecule is CS(=O)(=O)N1CCN(c2ncc(C(=O)O)cc2N)CC1. The van der Waals surface area contributed by atoms with E-state index in [0.29, 0.717) is 32.0 Å². The fourth-order valence-electron chi connectivity index (χ4n) is 2.09. The number of sulfonamides is 1. The Morgan fingerprint density at radius 3 is 2.40 bits per heavy atom. The summed E-state index contributed by atoms with van der Waals surface area (Å²) in [4.78, 5) is 16.7. The zero-order valence-corrected chi connectivity index (χ0v) is 11.8. The molecule has 1 aliphatic heterocycles. The number of nitrogen functional groups attached to an aromatic ring is 1. The number of hydrogen-bond donors (Lipinski definition) is 2. The average Bonchev–Trinajstić information content (AvgIpc) is 2.37. The van der Waals surface area contributed by atoms with Crippen LogP contribution >= 0.6 is 0 Å². The highest BCUT2D eigenvalue weighted by molar-refractivity contribution is 7.88. The van der Waals surface area contributed by atoms with Crippen LogP contribution in [0.15, 0.2) is 12.3 Å². The van der Waals surface area contributed by atoms with Crippen LogP contribution in [0.3, 0.4) is 0 Å². The zero-order chi connectivity index (χ0) is 14.9. The van der Waals surface area contributed by atoms with Crippen LogP contribution in [0.5, 0.6) is 0 Å². The summed E-state index contributed by atoms with van der Waals surface area (Å²) >= 11 is 0. The van der Waals surface area contributed by atoms with E-state index in [-0.39, 0.29) is 11.3 Å². The van der Waals surface area contributed by atoms with Crippen molar-refractivity contribution in [1.29, 1.82) is 0 Å². The highest BCUT2D eigenvalue weighted by Gasteiger charge is 2.25. The molecule has 0 unspecified atom stereocenters. The lowest BCUT2D eigenvalue weighted by Gasteiger charge is -2.34. The molecule has 1 saturated heterocycles. The van der Waals surface area contributed by atoms with Crippen LogP contribution in [0.4, 0.5) is 11.5 Å². The molecule has 1 aromatic heterocycles. The van der Waals surface area contributed by atoms with Crippen LogP contribution in [0.1, 0.15) is 10.4 Å². The van der Waals surface area contributed by atoms with Gasteiger partial charge in [-0.3, -0.25) is 0 Å². The number of piperazine rings is 1. The van der Waals surface area contributed by atoms with E-state index in [1.807, 2.05) is 4.90 Å². The first kappa shape index (κ1) is 14.5. The lowest BCUT2D eigenvalue weighted by atomic mass is 10.2. The first-order valence-electron chi connectivity index (χ1n) is 5.98. The maximum atomic E-state index is 11.4. The minimum absolute atomic E-state index is 0.0287. The third kappa shape index (κ3) is 2.99. The summed E-state index contributed by atoms with van der Waals surface area (Å²) in [6.45, 7) is 1.66. The molecule has 2 rings (SSSR count). The predicted octanol–water partition coefficient (Wildman–Crippen LogP) is -0.556. The third-order valence-corrected chi connectivity index (χ3v) is 4.45. The number of aromatic nitrogens is 1. The summed E-state index contributed by atoms with van der Waals surface area (Å²) in [6, 6.07) is 1.35. The number of aromatic carboxylic acids is 1. The second-order valence-electron chi connectivity index (χ2n) is 4.59. The normalized spacial score (nSPS) is 17.1. The van der Waals surface area contributed by atoms with E-state index in [1.165, 1.54) is 22.8 Å². The number of pyridine rings is 1. The molecule has 0 radical (unpaired) electrons. The Morgan fingerprint density at radius 1 is 1.35 bits per heavy atom. The number of carboxylic acid groups (broad SMARTS) is 1. The van der Waals surface area contributed by atoms with E-state index >= 15 is 0 Å². The topological polar surface area (TPSA) is 117 Å². The van der Waals surface area contributed by atoms with Gasteiger partial charge in [0.2, 0.25) is 10.0 Å². The molecule has 0 atom stereocenters. The Hall–Kier alpha value is -1.87. The summed E-state index contributed by atoms with van der Waals surface area (Å²) in [5.41, 5.74) is 6.12. The van der Waals surface area contributed by atoms with Gasteiger partial charge in [-0.15, -0.1) is 0 Å². The largest absolute Gasteiger partial charge is 0.478 e. The Balaban J connectivity index is 2.13. The molecule has 0 bridgehead atoms. The lowest BCUT2D eigenvalue weighted by molar-refractivity contribution is 0.0696. The van der Waals surface area contributed by atoms with Gasteiger partial charge in [0.25, 0.3) is 0 Å². The minimum Gasteiger partial charge on any atom is -0.478 e. The minimum atomic E-state index is -3.18. The van der Waals surface area contributed by atoms with Gasteiger partial charge in [0.1, 0.15) is 0 Å². The maximum Gasteiger partial charge on any atom is 0.337 e. The van der Waals surface area contributed by atoms with Crippen molar-refractivity contribution in [2.24, 2.45) is 0 Å². The third-order valence-electron chi connectivity index (χ3n) is 3.15. The number of hydrogen-bond acceptors (Lipinski definition) is 6. The fraction of sp³-hybridized carbons (Fsp3) is 0.455. The van der Waals surface area contributed by atoms with Crippen molar-refractivity contribution < 1.29 is 18.3 Å². The number of carboxylic acids is 1. The van der Waals surface area contributed by atoms with Gasteiger partial charge in [-0.05, 0) is 6.07 Å². The summed E-state index contributed by atoms with van der Waals surface area (Å²) in [5.74, 6) is -0.596. The molecule has 8 nitrogen and oxygen atoms in total. The predicted molar refractivity (Wildman–Crippen MR) is 74.2 cm³/mol. The number of anilines is 2. The number of carbonyl (C=O) groups is 1. The van der Waals surface area contributed by atoms with Crippen LogP contribution in [-0.4, -0.2) is 61.2 Å². The molecule has 0 spiro atoms. The Labute approximate surface area is 116 Å². The lowest BCUT2D eigenvalue weighted by Crippen LogP contribution is -2.48. The van der Waals surface area contributed by atoms with Crippen LogP contribution < -0.4 is 10.6 Å². The number of nitrogens with two attached hydrogens (primary N) is 1. The summed E-state index contributed by atoms with van der Waals surface area (Å²) in [5, 5.41) is 8.85. The van der Waals surface area contributed by atoms with Gasteiger partial charge in [-0.1, -0.05) is 0 Å². The van der Waals surface area contributed by atoms with Crippen molar-refractivity contribution in [3.63, 3.8) is 0 Å². The molecule has 0 aliphatic carbocycles. The second kappa shape index (κ2) is 5.25. The van der Waals surface area contributed by atoms with E-state index in [1.54, 1.807) is 0 Å². The fourth-order valence-corrected chi connectivity index (χ4v) is 2.91. The molecule has 1 aromatic rings. The number of nitrogens with zero attached hydrogens (tertiary/aromatic N) is 3. The molecule has 0 saturated carbocycles. The molecular weight excluding hydrogens is 284 g/mol. The standard InChI is InChI=1S/C11H16N4O4S/c1-20(18,19)15-4-2-14(3-5-15)10-9(12)6-8(7-13-10)11(16)17/h6-7H,2-5,12H2,1H3,(H,16,17). The van der Waals surface area contributed by atoms with Gasteiger partial charge in [-0.2, -0.15) is 4.31 Å². The maximum absolute atomic E-state index is 11.4. The molecule has 1 fully saturated rings. The average molecular weight is 300 g/mol. The molecular formula is C11H16N4O4S. The molecule has 110 valence electrons. The van der Waals surface area contributed by atoms with Gasteiger partial charge in [0.15, 0.2) is 5.82 Å². The van der Waals surface area contributed by atoms with E-state index in [2.05, 4.69) is 4.98 Å². The molecule has 2 heterocycles. The van der Waals surface area contributed by atoms with Gasteiger partial charge in [-0.25, -0.2) is 18.2 Å². The van der Waals surface area contributed by atoms with Crippen molar-refractivity contribution in [3.8, 4) is 0 Å². The van der Waals surface area contributed by atoms with Crippen molar-refractivity contribution in [1.82, 2.24) is 9.29 Å². The van der Waals surface area contributed by atoms with E-state index in [4.69, 9.17) is 10.8 Å². The monoisotopic (exact) mass is 300 g/mol. The van der Waals surface area contributed by atoms with E-state index in [0.717, 1.165) is 0 Å². The van der Waals surface area contributed by atoms with Gasteiger partial charge in [0, 0.05) is 32.4 Å². The number of rotatable bonds is 3. The van der Waals surface area contributed by atoms with Crippen molar-refractivity contribution in [2.75, 3.05) is 43.1 Å². The van der Waals surface area contributed by atoms with Crippen molar-refractivity contribution in [3.05, 3.63) is 17.8 Å². The van der Waals surface area contributed by atoms with Gasteiger partial charge in [0.05, 0.1) is 17.5 Å². The Morgan fingerprint density at radius 2 is 1.95 bits per heavy atom. The Bertz CT molecular complexity index is 623. The quantitative estimate of drug-likeness (QED) is 0.768. The van der Waals surface area contributed by atoms with E-state index < -0.39 is 16.0 Å².